The van der Waals surface area contributed by atoms with Crippen molar-refractivity contribution in [1.82, 2.24) is 25.9 Å². The average molecular weight is 512 g/mol. The standard InChI is InChI=1S/C19H28N8O9/c20-9(3-8-6-23-7-24-8)16(32)26-11(4-13(21)28)18(34)27-12(5-14(22)29)17(33)25-10(19(35)36)1-2-15(30)31/h6-7,9-12H,1-5,20H2,(H2,21,28)(H2,22,29)(H,23,24)(H,25,33)(H,26,32)(H,27,34)(H,30,31)(H,35,36). The third-order valence-corrected chi connectivity index (χ3v) is 4.67. The summed E-state index contributed by atoms with van der Waals surface area (Å²) in [4.78, 5) is 89.2. The Morgan fingerprint density at radius 3 is 1.78 bits per heavy atom. The van der Waals surface area contributed by atoms with Crippen LogP contribution < -0.4 is 33.2 Å². The molecule has 0 aromatic carbocycles. The molecule has 17 heteroatoms. The van der Waals surface area contributed by atoms with Crippen LogP contribution >= 0.6 is 0 Å². The fourth-order valence-electron chi connectivity index (χ4n) is 2.90. The molecule has 198 valence electrons. The van der Waals surface area contributed by atoms with Gasteiger partial charge in [-0.15, -0.1) is 0 Å². The number of carbonyl (C=O) groups is 7. The molecule has 0 aliphatic rings. The van der Waals surface area contributed by atoms with E-state index >= 15 is 0 Å². The number of nitrogens with zero attached hydrogens (tertiary/aromatic N) is 1. The number of amides is 5. The largest absolute Gasteiger partial charge is 0.481 e. The second-order valence-corrected chi connectivity index (χ2v) is 7.68. The van der Waals surface area contributed by atoms with Crippen LogP contribution in [0.1, 0.15) is 31.4 Å². The van der Waals surface area contributed by atoms with Crippen LogP contribution in [0, 0.1) is 0 Å². The average Bonchev–Trinajstić information content (AvgIpc) is 3.27. The van der Waals surface area contributed by atoms with Crippen molar-refractivity contribution in [2.75, 3.05) is 0 Å². The number of rotatable bonds is 16. The van der Waals surface area contributed by atoms with Gasteiger partial charge in [0.1, 0.15) is 18.1 Å². The maximum atomic E-state index is 12.8. The van der Waals surface area contributed by atoms with Gasteiger partial charge in [0, 0.05) is 24.7 Å². The molecule has 17 nitrogen and oxygen atoms in total. The van der Waals surface area contributed by atoms with Crippen molar-refractivity contribution in [3.05, 3.63) is 18.2 Å². The van der Waals surface area contributed by atoms with E-state index in [1.807, 2.05) is 5.32 Å². The van der Waals surface area contributed by atoms with Crippen LogP contribution in [0.4, 0.5) is 0 Å². The normalized spacial score (nSPS) is 13.9. The summed E-state index contributed by atoms with van der Waals surface area (Å²) < 4.78 is 0. The molecule has 5 amide bonds. The zero-order valence-corrected chi connectivity index (χ0v) is 18.9. The van der Waals surface area contributed by atoms with Crippen LogP contribution in [0.2, 0.25) is 0 Å². The minimum atomic E-state index is -1.72. The third-order valence-electron chi connectivity index (χ3n) is 4.67. The van der Waals surface area contributed by atoms with Gasteiger partial charge in [-0.25, -0.2) is 9.78 Å². The Hall–Kier alpha value is -4.54. The number of nitrogens with one attached hydrogen (secondary N) is 4. The summed E-state index contributed by atoms with van der Waals surface area (Å²) in [5.41, 5.74) is 16.6. The maximum absolute atomic E-state index is 12.8. The fraction of sp³-hybridized carbons (Fsp3) is 0.474. The molecule has 4 atom stereocenters. The van der Waals surface area contributed by atoms with Crippen molar-refractivity contribution >= 4 is 41.5 Å². The van der Waals surface area contributed by atoms with E-state index in [4.69, 9.17) is 22.3 Å². The minimum absolute atomic E-state index is 0.0103. The molecule has 0 aliphatic carbocycles. The Kier molecular flexibility index (Phi) is 11.5. The molecule has 0 saturated heterocycles. The number of H-pyrrole nitrogens is 1. The van der Waals surface area contributed by atoms with Crippen LogP contribution in [-0.2, 0) is 40.0 Å². The molecule has 12 N–H and O–H groups in total. The summed E-state index contributed by atoms with van der Waals surface area (Å²) >= 11 is 0. The number of aromatic nitrogens is 2. The molecule has 36 heavy (non-hydrogen) atoms. The molecule has 0 fully saturated rings. The Morgan fingerprint density at radius 2 is 1.36 bits per heavy atom. The quantitative estimate of drug-likeness (QED) is 0.101. The predicted molar refractivity (Wildman–Crippen MR) is 118 cm³/mol. The third kappa shape index (κ3) is 10.6. The van der Waals surface area contributed by atoms with E-state index in [2.05, 4.69) is 20.6 Å². The molecule has 0 aliphatic heterocycles. The molecule has 0 saturated carbocycles. The number of hydrogen-bond acceptors (Lipinski definition) is 9. The van der Waals surface area contributed by atoms with Gasteiger partial charge in [0.25, 0.3) is 0 Å². The fourth-order valence-corrected chi connectivity index (χ4v) is 2.90. The number of carboxylic acids is 2. The smallest absolute Gasteiger partial charge is 0.326 e. The van der Waals surface area contributed by atoms with Gasteiger partial charge in [-0.1, -0.05) is 0 Å². The number of primary amides is 2. The number of carboxylic acid groups (broad SMARTS) is 2. The molecule has 1 aromatic heterocycles. The Morgan fingerprint density at radius 1 is 0.861 bits per heavy atom. The van der Waals surface area contributed by atoms with Crippen LogP contribution in [0.15, 0.2) is 12.5 Å². The molecule has 0 radical (unpaired) electrons. The topological polar surface area (TPSA) is 303 Å². The lowest BCUT2D eigenvalue weighted by atomic mass is 10.1. The number of imidazole rings is 1. The monoisotopic (exact) mass is 512 g/mol. The molecule has 1 aromatic rings. The number of carbonyl (C=O) groups excluding carboxylic acids is 5. The van der Waals surface area contributed by atoms with Gasteiger partial charge in [0.15, 0.2) is 0 Å². The molecule has 1 rings (SSSR count). The van der Waals surface area contributed by atoms with E-state index in [1.165, 1.54) is 12.5 Å². The van der Waals surface area contributed by atoms with Crippen molar-refractivity contribution < 1.29 is 43.8 Å². The number of aliphatic carboxylic acids is 2. The van der Waals surface area contributed by atoms with E-state index in [9.17, 15) is 38.7 Å². The van der Waals surface area contributed by atoms with Gasteiger partial charge in [-0.3, -0.25) is 28.8 Å². The van der Waals surface area contributed by atoms with E-state index in [-0.39, 0.29) is 6.42 Å². The van der Waals surface area contributed by atoms with Gasteiger partial charge in [0.05, 0.1) is 25.2 Å². The molecular formula is C19H28N8O9. The lowest BCUT2D eigenvalue weighted by Gasteiger charge is -2.24. The molecular weight excluding hydrogens is 484 g/mol. The summed E-state index contributed by atoms with van der Waals surface area (Å²) in [6, 6.07) is -6.13. The zero-order chi connectivity index (χ0) is 27.4. The van der Waals surface area contributed by atoms with Crippen LogP contribution in [0.5, 0.6) is 0 Å². The van der Waals surface area contributed by atoms with Gasteiger partial charge in [-0.2, -0.15) is 0 Å². The molecule has 4 unspecified atom stereocenters. The van der Waals surface area contributed by atoms with E-state index < -0.39 is 91.3 Å². The summed E-state index contributed by atoms with van der Waals surface area (Å²) in [5.74, 6) is -8.04. The molecule has 1 heterocycles. The first-order valence-corrected chi connectivity index (χ1v) is 10.4. The van der Waals surface area contributed by atoms with E-state index in [0.29, 0.717) is 5.69 Å². The Balaban J connectivity index is 2.96. The highest BCUT2D eigenvalue weighted by molar-refractivity contribution is 5.97. The second-order valence-electron chi connectivity index (χ2n) is 7.68. The highest BCUT2D eigenvalue weighted by atomic mass is 16.4. The number of nitrogens with two attached hydrogens (primary N) is 3. The number of hydrogen-bond donors (Lipinski definition) is 9. The van der Waals surface area contributed by atoms with Crippen molar-refractivity contribution in [3.8, 4) is 0 Å². The highest BCUT2D eigenvalue weighted by Gasteiger charge is 2.32. The second kappa shape index (κ2) is 14.0. The first kappa shape index (κ1) is 29.5. The van der Waals surface area contributed by atoms with Gasteiger partial charge in [0.2, 0.25) is 29.5 Å². The lowest BCUT2D eigenvalue weighted by Crippen LogP contribution is -2.58. The first-order chi connectivity index (χ1) is 16.8. The molecule has 0 spiro atoms. The van der Waals surface area contributed by atoms with Crippen molar-refractivity contribution in [2.24, 2.45) is 17.2 Å². The lowest BCUT2D eigenvalue weighted by molar-refractivity contribution is -0.143. The van der Waals surface area contributed by atoms with Crippen LogP contribution in [-0.4, -0.2) is 85.8 Å². The van der Waals surface area contributed by atoms with Gasteiger partial charge < -0.3 is 48.3 Å². The van der Waals surface area contributed by atoms with Crippen molar-refractivity contribution in [2.45, 2.75) is 56.3 Å². The molecule has 0 bridgehead atoms. The Bertz CT molecular complexity index is 982. The van der Waals surface area contributed by atoms with Crippen LogP contribution in [0.25, 0.3) is 0 Å². The van der Waals surface area contributed by atoms with E-state index in [1.54, 1.807) is 0 Å². The first-order valence-electron chi connectivity index (χ1n) is 10.4. The highest BCUT2D eigenvalue weighted by Crippen LogP contribution is 2.03. The predicted octanol–water partition coefficient (Wildman–Crippen LogP) is -4.57. The number of aromatic amines is 1. The summed E-state index contributed by atoms with van der Waals surface area (Å²) in [6.45, 7) is 0. The SMILES string of the molecule is NC(=O)CC(NC(=O)C(N)Cc1cnc[nH]1)C(=O)NC(CC(N)=O)C(=O)NC(CCC(=O)O)C(=O)O. The van der Waals surface area contributed by atoms with Gasteiger partial charge >= 0.3 is 11.9 Å². The van der Waals surface area contributed by atoms with Gasteiger partial charge in [-0.05, 0) is 6.42 Å². The minimum Gasteiger partial charge on any atom is -0.481 e. The maximum Gasteiger partial charge on any atom is 0.326 e. The van der Waals surface area contributed by atoms with Crippen LogP contribution in [0.3, 0.4) is 0 Å². The zero-order valence-electron chi connectivity index (χ0n) is 18.9. The van der Waals surface area contributed by atoms with E-state index in [0.717, 1.165) is 0 Å². The van der Waals surface area contributed by atoms with Crippen molar-refractivity contribution in [3.63, 3.8) is 0 Å². The summed E-state index contributed by atoms with van der Waals surface area (Å²) in [7, 11) is 0. The summed E-state index contributed by atoms with van der Waals surface area (Å²) in [6.07, 6.45) is 0.252. The Labute approximate surface area is 203 Å². The summed E-state index contributed by atoms with van der Waals surface area (Å²) in [5, 5.41) is 24.3. The van der Waals surface area contributed by atoms with Crippen molar-refractivity contribution in [1.29, 1.82) is 0 Å².